The highest BCUT2D eigenvalue weighted by Gasteiger charge is 2.62. The van der Waals surface area contributed by atoms with E-state index in [9.17, 15) is 15.3 Å². The highest BCUT2D eigenvalue weighted by atomic mass is 32.1. The fourth-order valence-electron chi connectivity index (χ4n) is 4.21. The van der Waals surface area contributed by atoms with Crippen molar-refractivity contribution in [2.75, 3.05) is 4.90 Å². The molecule has 0 radical (unpaired) electrons. The van der Waals surface area contributed by atoms with Gasteiger partial charge >= 0.3 is 0 Å². The minimum atomic E-state index is -1.30. The Hall–Kier alpha value is -2.89. The number of hydrogen-bond donors (Lipinski definition) is 0. The van der Waals surface area contributed by atoms with E-state index in [2.05, 4.69) is 12.1 Å². The molecule has 1 aromatic heterocycles. The third-order valence-corrected chi connectivity index (χ3v) is 5.94. The quantitative estimate of drug-likeness (QED) is 0.831. The number of rotatable bonds is 2. The summed E-state index contributed by atoms with van der Waals surface area (Å²) in [6, 6.07) is 13.3. The molecule has 1 aromatic carbocycles. The van der Waals surface area contributed by atoms with E-state index in [1.165, 1.54) is 11.3 Å². The van der Waals surface area contributed by atoms with Crippen molar-refractivity contribution in [1.82, 2.24) is 0 Å². The molecule has 0 aliphatic carbocycles. The third-order valence-electron chi connectivity index (χ3n) is 5.23. The van der Waals surface area contributed by atoms with Gasteiger partial charge in [0, 0.05) is 11.6 Å². The standard InChI is InChI=1S/C20H15N3OS/c1-13(24)19-18(15-8-9-25-10-15)20(11-21,12-22)17-7-6-14-4-2-3-5-16(14)23(17)19/h2-10,17-19H,1H3/t17-,18-,19+/m0/s1. The molecule has 2 aromatic rings. The van der Waals surface area contributed by atoms with Gasteiger partial charge in [0.2, 0.25) is 0 Å². The van der Waals surface area contributed by atoms with E-state index in [1.54, 1.807) is 6.92 Å². The zero-order valence-electron chi connectivity index (χ0n) is 13.6. The van der Waals surface area contributed by atoms with E-state index >= 15 is 0 Å². The van der Waals surface area contributed by atoms with Crippen LogP contribution in [0.15, 0.2) is 47.2 Å². The lowest BCUT2D eigenvalue weighted by Gasteiger charge is -2.35. The first-order chi connectivity index (χ1) is 12.1. The van der Waals surface area contributed by atoms with Crippen LogP contribution in [0.2, 0.25) is 0 Å². The molecule has 4 rings (SSSR count). The summed E-state index contributed by atoms with van der Waals surface area (Å²) in [5, 5.41) is 23.9. The Morgan fingerprint density at radius 1 is 1.24 bits per heavy atom. The van der Waals surface area contributed by atoms with Crippen molar-refractivity contribution in [2.24, 2.45) is 5.41 Å². The summed E-state index contributed by atoms with van der Waals surface area (Å²) in [6.07, 6.45) is 3.85. The number of benzene rings is 1. The van der Waals surface area contributed by atoms with E-state index in [0.29, 0.717) is 0 Å². The normalized spacial score (nSPS) is 25.6. The largest absolute Gasteiger partial charge is 0.351 e. The Kier molecular flexibility index (Phi) is 3.49. The Balaban J connectivity index is 2.01. The van der Waals surface area contributed by atoms with E-state index in [0.717, 1.165) is 16.8 Å². The van der Waals surface area contributed by atoms with Gasteiger partial charge in [0.25, 0.3) is 0 Å². The molecule has 4 nitrogen and oxygen atoms in total. The second kappa shape index (κ2) is 5.58. The van der Waals surface area contributed by atoms with Crippen LogP contribution >= 0.6 is 11.3 Å². The van der Waals surface area contributed by atoms with Crippen LogP contribution in [-0.2, 0) is 4.79 Å². The first-order valence-electron chi connectivity index (χ1n) is 8.04. The average Bonchev–Trinajstić information content (AvgIpc) is 3.25. The lowest BCUT2D eigenvalue weighted by atomic mass is 9.70. The van der Waals surface area contributed by atoms with Crippen molar-refractivity contribution in [3.63, 3.8) is 0 Å². The average molecular weight is 345 g/mol. The minimum absolute atomic E-state index is 0.0290. The summed E-state index contributed by atoms with van der Waals surface area (Å²) >= 11 is 1.51. The smallest absolute Gasteiger partial charge is 0.176 e. The van der Waals surface area contributed by atoms with E-state index < -0.39 is 23.4 Å². The summed E-state index contributed by atoms with van der Waals surface area (Å²) in [4.78, 5) is 14.6. The monoisotopic (exact) mass is 345 g/mol. The molecule has 0 unspecified atom stereocenters. The van der Waals surface area contributed by atoms with Gasteiger partial charge in [-0.1, -0.05) is 30.4 Å². The SMILES string of the molecule is CC(=O)[C@@H]1[C@H](c2ccsc2)C(C#N)(C#N)[C@@H]2C=Cc3ccccc3N12. The van der Waals surface area contributed by atoms with Crippen LogP contribution in [0.5, 0.6) is 0 Å². The molecule has 5 heteroatoms. The summed E-state index contributed by atoms with van der Waals surface area (Å²) in [5.41, 5.74) is 1.48. The number of fused-ring (bicyclic) bond motifs is 3. The Bertz CT molecular complexity index is 934. The minimum Gasteiger partial charge on any atom is -0.351 e. The number of nitrogens with zero attached hydrogens (tertiary/aromatic N) is 3. The Morgan fingerprint density at radius 3 is 2.64 bits per heavy atom. The number of carbonyl (C=O) groups is 1. The first kappa shape index (κ1) is 15.6. The molecule has 0 bridgehead atoms. The summed E-state index contributed by atoms with van der Waals surface area (Å²) in [7, 11) is 0. The zero-order valence-corrected chi connectivity index (χ0v) is 14.4. The molecule has 122 valence electrons. The van der Waals surface area contributed by atoms with Crippen LogP contribution in [0.25, 0.3) is 6.08 Å². The number of hydrogen-bond acceptors (Lipinski definition) is 5. The fraction of sp³-hybridized carbons (Fsp3) is 0.250. The molecular weight excluding hydrogens is 330 g/mol. The van der Waals surface area contributed by atoms with E-state index in [4.69, 9.17) is 0 Å². The maximum absolute atomic E-state index is 12.7. The topological polar surface area (TPSA) is 67.9 Å². The molecule has 0 N–H and O–H groups in total. The molecule has 0 amide bonds. The molecule has 2 aliphatic heterocycles. The number of anilines is 1. The van der Waals surface area contributed by atoms with Crippen LogP contribution in [-0.4, -0.2) is 17.9 Å². The molecule has 1 saturated heterocycles. The van der Waals surface area contributed by atoms with Crippen LogP contribution in [0.4, 0.5) is 5.69 Å². The van der Waals surface area contributed by atoms with Gasteiger partial charge < -0.3 is 4.90 Å². The van der Waals surface area contributed by atoms with Crippen molar-refractivity contribution >= 4 is 28.9 Å². The Morgan fingerprint density at radius 2 is 2.00 bits per heavy atom. The van der Waals surface area contributed by atoms with Crippen molar-refractivity contribution in [3.05, 3.63) is 58.3 Å². The Labute approximate surface area is 150 Å². The van der Waals surface area contributed by atoms with Crippen LogP contribution in [0.1, 0.15) is 24.0 Å². The predicted octanol–water partition coefficient (Wildman–Crippen LogP) is 3.74. The second-order valence-corrected chi connectivity index (χ2v) is 7.23. The highest BCUT2D eigenvalue weighted by Crippen LogP contribution is 2.55. The van der Waals surface area contributed by atoms with Gasteiger partial charge in [-0.2, -0.15) is 21.9 Å². The van der Waals surface area contributed by atoms with Gasteiger partial charge in [0.15, 0.2) is 11.2 Å². The molecule has 0 saturated carbocycles. The van der Waals surface area contributed by atoms with Gasteiger partial charge in [-0.3, -0.25) is 4.79 Å². The number of carbonyl (C=O) groups excluding carboxylic acids is 1. The van der Waals surface area contributed by atoms with E-state index in [1.807, 2.05) is 58.1 Å². The van der Waals surface area contributed by atoms with Crippen molar-refractivity contribution < 1.29 is 4.79 Å². The summed E-state index contributed by atoms with van der Waals surface area (Å²) in [6.45, 7) is 1.55. The van der Waals surface area contributed by atoms with Gasteiger partial charge in [0.05, 0.1) is 24.2 Å². The highest BCUT2D eigenvalue weighted by molar-refractivity contribution is 7.08. The van der Waals surface area contributed by atoms with Gasteiger partial charge in [-0.05, 0) is 40.9 Å². The predicted molar refractivity (Wildman–Crippen MR) is 96.9 cm³/mol. The summed E-state index contributed by atoms with van der Waals surface area (Å²) in [5.74, 6) is -0.509. The molecule has 25 heavy (non-hydrogen) atoms. The lowest BCUT2D eigenvalue weighted by Crippen LogP contribution is -2.43. The van der Waals surface area contributed by atoms with E-state index in [-0.39, 0.29) is 5.78 Å². The fourth-order valence-corrected chi connectivity index (χ4v) is 4.91. The molecule has 0 spiro atoms. The van der Waals surface area contributed by atoms with Crippen LogP contribution in [0, 0.1) is 28.1 Å². The summed E-state index contributed by atoms with van der Waals surface area (Å²) < 4.78 is 0. The molecule has 2 aliphatic rings. The molecular formula is C20H15N3OS. The van der Waals surface area contributed by atoms with Gasteiger partial charge in [-0.25, -0.2) is 0 Å². The van der Waals surface area contributed by atoms with Gasteiger partial charge in [0.1, 0.15) is 0 Å². The van der Waals surface area contributed by atoms with Gasteiger partial charge in [-0.15, -0.1) is 0 Å². The number of ketones is 1. The number of thiophene rings is 1. The molecule has 1 fully saturated rings. The second-order valence-electron chi connectivity index (χ2n) is 6.45. The number of Topliss-reactive ketones (excluding diaryl/α,β-unsaturated/α-hetero) is 1. The van der Waals surface area contributed by atoms with Crippen molar-refractivity contribution in [3.8, 4) is 12.1 Å². The zero-order chi connectivity index (χ0) is 17.6. The van der Waals surface area contributed by atoms with Crippen LogP contribution in [0.3, 0.4) is 0 Å². The third kappa shape index (κ3) is 2.00. The van der Waals surface area contributed by atoms with Crippen molar-refractivity contribution in [2.45, 2.75) is 24.9 Å². The van der Waals surface area contributed by atoms with Crippen molar-refractivity contribution in [1.29, 1.82) is 10.5 Å². The first-order valence-corrected chi connectivity index (χ1v) is 8.99. The number of para-hydroxylation sites is 1. The number of nitriles is 2. The molecule has 3 heterocycles. The maximum atomic E-state index is 12.7. The lowest BCUT2D eigenvalue weighted by molar-refractivity contribution is -0.118. The molecule has 3 atom stereocenters. The van der Waals surface area contributed by atoms with Crippen LogP contribution < -0.4 is 4.90 Å². The maximum Gasteiger partial charge on any atom is 0.176 e.